The molecule has 5 rings (SSSR count). The highest BCUT2D eigenvalue weighted by Crippen LogP contribution is 2.54. The number of ether oxygens (including phenoxy) is 2. The lowest BCUT2D eigenvalue weighted by Gasteiger charge is -2.38. The van der Waals surface area contributed by atoms with Gasteiger partial charge in [-0.2, -0.15) is 0 Å². The molecule has 6 atom stereocenters. The molecule has 0 aliphatic carbocycles. The van der Waals surface area contributed by atoms with Crippen LogP contribution in [0.4, 0.5) is 5.69 Å². The maximum atomic E-state index is 14.1. The smallest absolute Gasteiger partial charge is 0.313 e. The third-order valence-electron chi connectivity index (χ3n) is 7.07. The minimum absolute atomic E-state index is 0.111. The van der Waals surface area contributed by atoms with E-state index in [9.17, 15) is 19.5 Å². The van der Waals surface area contributed by atoms with E-state index in [2.05, 4.69) is 0 Å². The van der Waals surface area contributed by atoms with Crippen molar-refractivity contribution in [2.24, 2.45) is 11.8 Å². The number of hydrogen-bond donors (Lipinski definition) is 1. The molecule has 4 aliphatic heterocycles. The summed E-state index contributed by atoms with van der Waals surface area (Å²) in [5.41, 5.74) is -0.840. The van der Waals surface area contributed by atoms with Gasteiger partial charge >= 0.3 is 5.97 Å². The molecule has 1 aromatic rings. The third kappa shape index (κ3) is 3.15. The number of halogens is 1. The van der Waals surface area contributed by atoms with Crippen LogP contribution >= 0.6 is 11.6 Å². The summed E-state index contributed by atoms with van der Waals surface area (Å²) in [5.74, 6) is -3.09. The minimum Gasteiger partial charge on any atom is -0.461 e. The number of amides is 2. The molecule has 1 N–H and O–H groups in total. The van der Waals surface area contributed by atoms with Gasteiger partial charge in [-0.15, -0.1) is 0 Å². The molecule has 9 heteroatoms. The summed E-state index contributed by atoms with van der Waals surface area (Å²) in [7, 11) is 0. The second-order valence-electron chi connectivity index (χ2n) is 8.69. The predicted molar refractivity (Wildman–Crippen MR) is 119 cm³/mol. The Morgan fingerprint density at radius 2 is 2.00 bits per heavy atom. The van der Waals surface area contributed by atoms with Gasteiger partial charge < -0.3 is 24.4 Å². The summed E-state index contributed by atoms with van der Waals surface area (Å²) < 4.78 is 11.7. The highest BCUT2D eigenvalue weighted by Gasteiger charge is 2.72. The summed E-state index contributed by atoms with van der Waals surface area (Å²) in [6.45, 7) is 1.86. The van der Waals surface area contributed by atoms with Crippen LogP contribution in [0.15, 0.2) is 48.6 Å². The van der Waals surface area contributed by atoms with E-state index in [1.165, 1.54) is 9.80 Å². The van der Waals surface area contributed by atoms with Gasteiger partial charge in [-0.1, -0.05) is 48.9 Å². The topological polar surface area (TPSA) is 96.4 Å². The van der Waals surface area contributed by atoms with Gasteiger partial charge in [0.05, 0.1) is 35.4 Å². The second kappa shape index (κ2) is 8.27. The van der Waals surface area contributed by atoms with Crippen LogP contribution in [0.3, 0.4) is 0 Å². The number of fused-ring (bicyclic) bond motifs is 2. The molecule has 4 aliphatic rings. The molecule has 0 radical (unpaired) electrons. The molecule has 8 nitrogen and oxygen atoms in total. The van der Waals surface area contributed by atoms with E-state index in [4.69, 9.17) is 21.1 Å². The fourth-order valence-corrected chi connectivity index (χ4v) is 5.84. The average molecular weight is 473 g/mol. The van der Waals surface area contributed by atoms with E-state index in [0.717, 1.165) is 0 Å². The third-order valence-corrected chi connectivity index (χ3v) is 7.39. The number of rotatable bonds is 4. The van der Waals surface area contributed by atoms with Crippen molar-refractivity contribution in [3.63, 3.8) is 0 Å². The molecule has 0 saturated carbocycles. The molecule has 0 aromatic heterocycles. The fraction of sp³-hybridized carbons (Fsp3) is 0.458. The van der Waals surface area contributed by atoms with Crippen molar-refractivity contribution in [1.29, 1.82) is 0 Å². The molecule has 1 unspecified atom stereocenters. The van der Waals surface area contributed by atoms with Crippen LogP contribution in [0.25, 0.3) is 0 Å². The number of carbonyl (C=O) groups is 3. The van der Waals surface area contributed by atoms with Gasteiger partial charge in [0.15, 0.2) is 0 Å². The van der Waals surface area contributed by atoms with Crippen molar-refractivity contribution in [2.75, 3.05) is 24.7 Å². The van der Waals surface area contributed by atoms with Crippen molar-refractivity contribution in [3.8, 4) is 0 Å². The molecule has 0 bridgehead atoms. The van der Waals surface area contributed by atoms with Crippen LogP contribution in [0, 0.1) is 11.8 Å². The molecular formula is C24H25ClN2O6. The molecule has 4 heterocycles. The highest BCUT2D eigenvalue weighted by atomic mass is 35.5. The summed E-state index contributed by atoms with van der Waals surface area (Å²) >= 11 is 6.41. The van der Waals surface area contributed by atoms with Crippen LogP contribution in [0.5, 0.6) is 0 Å². The van der Waals surface area contributed by atoms with Crippen LogP contribution < -0.4 is 4.90 Å². The molecule has 33 heavy (non-hydrogen) atoms. The molecule has 2 saturated heterocycles. The lowest BCUT2D eigenvalue weighted by Crippen LogP contribution is -2.58. The number of hydrogen-bond acceptors (Lipinski definition) is 6. The first-order valence-electron chi connectivity index (χ1n) is 11.1. The minimum atomic E-state index is -1.36. The van der Waals surface area contributed by atoms with Gasteiger partial charge in [-0.05, 0) is 24.6 Å². The van der Waals surface area contributed by atoms with Crippen molar-refractivity contribution in [3.05, 3.63) is 53.6 Å². The van der Waals surface area contributed by atoms with E-state index in [1.54, 1.807) is 48.6 Å². The molecule has 1 aromatic carbocycles. The maximum absolute atomic E-state index is 14.1. The molecule has 2 fully saturated rings. The lowest BCUT2D eigenvalue weighted by molar-refractivity contribution is -0.153. The van der Waals surface area contributed by atoms with Gasteiger partial charge in [0.25, 0.3) is 5.91 Å². The predicted octanol–water partition coefficient (Wildman–Crippen LogP) is 1.71. The van der Waals surface area contributed by atoms with Crippen LogP contribution in [0.2, 0.25) is 5.02 Å². The Morgan fingerprint density at radius 1 is 1.21 bits per heavy atom. The molecule has 174 valence electrons. The Morgan fingerprint density at radius 3 is 2.73 bits per heavy atom. The Bertz CT molecular complexity index is 1050. The first-order chi connectivity index (χ1) is 15.9. The number of carbonyl (C=O) groups excluding carboxylic acids is 3. The number of cyclic esters (lactones) is 1. The summed E-state index contributed by atoms with van der Waals surface area (Å²) in [6.07, 6.45) is 6.70. The summed E-state index contributed by atoms with van der Waals surface area (Å²) in [5, 5.41) is 10.5. The van der Waals surface area contributed by atoms with Gasteiger partial charge in [0.2, 0.25) is 5.91 Å². The van der Waals surface area contributed by atoms with E-state index in [0.29, 0.717) is 17.1 Å². The second-order valence-corrected chi connectivity index (χ2v) is 9.10. The number of likely N-dealkylation sites (tertiary alicyclic amines) is 1. The first kappa shape index (κ1) is 22.1. The maximum Gasteiger partial charge on any atom is 0.313 e. The number of esters is 1. The van der Waals surface area contributed by atoms with Gasteiger partial charge in [-0.3, -0.25) is 14.4 Å². The van der Waals surface area contributed by atoms with E-state index >= 15 is 0 Å². The first-order valence-corrected chi connectivity index (χ1v) is 11.5. The normalized spacial score (nSPS) is 33.8. The Balaban J connectivity index is 1.67. The van der Waals surface area contributed by atoms with Crippen molar-refractivity contribution in [2.45, 2.75) is 37.1 Å². The SMILES string of the molecule is CC[C@@H](CO)N1C(=O)[C@@H]2[C@H]3C(=O)OCC=C[C@H]3O[C@@]23C=CCN(c2ccccc2Cl)C(=O)C13. The number of para-hydroxylation sites is 1. The number of benzene rings is 1. The van der Waals surface area contributed by atoms with E-state index in [-0.39, 0.29) is 31.6 Å². The number of aliphatic hydroxyl groups excluding tert-OH is 1. The van der Waals surface area contributed by atoms with Crippen LogP contribution in [-0.4, -0.2) is 71.3 Å². The molecular weight excluding hydrogens is 448 g/mol. The fourth-order valence-electron chi connectivity index (χ4n) is 5.60. The average Bonchev–Trinajstić information content (AvgIpc) is 3.11. The zero-order chi connectivity index (χ0) is 23.3. The van der Waals surface area contributed by atoms with Gasteiger partial charge in [0, 0.05) is 6.54 Å². The highest BCUT2D eigenvalue weighted by molar-refractivity contribution is 6.34. The van der Waals surface area contributed by atoms with Gasteiger partial charge in [0.1, 0.15) is 24.2 Å². The van der Waals surface area contributed by atoms with Gasteiger partial charge in [-0.25, -0.2) is 0 Å². The zero-order valence-corrected chi connectivity index (χ0v) is 18.9. The van der Waals surface area contributed by atoms with Crippen LogP contribution in [0.1, 0.15) is 13.3 Å². The van der Waals surface area contributed by atoms with Crippen molar-refractivity contribution < 1.29 is 29.0 Å². The molecule has 2 amide bonds. The quantitative estimate of drug-likeness (QED) is 0.529. The largest absolute Gasteiger partial charge is 0.461 e. The van der Waals surface area contributed by atoms with E-state index < -0.39 is 41.6 Å². The lowest BCUT2D eigenvalue weighted by atomic mass is 9.78. The monoisotopic (exact) mass is 472 g/mol. The summed E-state index contributed by atoms with van der Waals surface area (Å²) in [4.78, 5) is 43.8. The number of aliphatic hydroxyl groups is 1. The number of anilines is 1. The molecule has 1 spiro atoms. The standard InChI is InChI=1S/C24H25ClN2O6/c1-2-14(13-28)27-20-22(30)26(16-8-4-3-7-15(16)25)11-6-10-24(20)19(21(27)29)18-17(33-24)9-5-12-32-23(18)31/h3-10,14,17-20,28H,2,11-13H2,1H3/t14-,17+,18-,19-,20?,24-/m0/s1. The number of nitrogens with zero attached hydrogens (tertiary/aromatic N) is 2. The summed E-state index contributed by atoms with van der Waals surface area (Å²) in [6, 6.07) is 5.34. The van der Waals surface area contributed by atoms with Crippen molar-refractivity contribution >= 4 is 35.1 Å². The Kier molecular flexibility index (Phi) is 5.55. The Hall–Kier alpha value is -2.68. The van der Waals surface area contributed by atoms with Crippen LogP contribution in [-0.2, 0) is 23.9 Å². The Labute approximate surface area is 196 Å². The van der Waals surface area contributed by atoms with E-state index in [1.807, 2.05) is 6.92 Å². The van der Waals surface area contributed by atoms with Crippen molar-refractivity contribution in [1.82, 2.24) is 4.90 Å². The zero-order valence-electron chi connectivity index (χ0n) is 18.1.